The van der Waals surface area contributed by atoms with Gasteiger partial charge < -0.3 is 9.57 Å². The van der Waals surface area contributed by atoms with Gasteiger partial charge in [0.05, 0.1) is 11.1 Å². The Morgan fingerprint density at radius 1 is 0.732 bits per heavy atom. The Hall–Kier alpha value is -5.24. The van der Waals surface area contributed by atoms with Crippen LogP contribution in [-0.4, -0.2) is 53.5 Å². The quantitative estimate of drug-likeness (QED) is 0.295. The van der Waals surface area contributed by atoms with Crippen LogP contribution in [0.4, 0.5) is 4.79 Å². The molecule has 41 heavy (non-hydrogen) atoms. The molecule has 0 saturated heterocycles. The third kappa shape index (κ3) is 4.74. The Morgan fingerprint density at radius 3 is 1.78 bits per heavy atom. The molecule has 0 unspecified atom stereocenters. The van der Waals surface area contributed by atoms with Gasteiger partial charge in [-0.3, -0.25) is 14.5 Å². The molecule has 1 atom stereocenters. The highest BCUT2D eigenvalue weighted by Crippen LogP contribution is 2.44. The summed E-state index contributed by atoms with van der Waals surface area (Å²) in [4.78, 5) is 58.9. The highest BCUT2D eigenvalue weighted by Gasteiger charge is 2.41. The molecular formula is C33H26N2O6. The molecule has 1 heterocycles. The van der Waals surface area contributed by atoms with Crippen molar-refractivity contribution >= 4 is 23.9 Å². The van der Waals surface area contributed by atoms with Gasteiger partial charge in [-0.15, -0.1) is 0 Å². The number of amides is 3. The van der Waals surface area contributed by atoms with Gasteiger partial charge in [0.25, 0.3) is 11.8 Å². The molecule has 6 rings (SSSR count). The number of hydroxylamine groups is 2. The van der Waals surface area contributed by atoms with E-state index in [1.165, 1.54) is 19.2 Å². The Morgan fingerprint density at radius 2 is 1.22 bits per heavy atom. The van der Waals surface area contributed by atoms with Gasteiger partial charge in [0.1, 0.15) is 12.6 Å². The summed E-state index contributed by atoms with van der Waals surface area (Å²) in [6.07, 6.45) is -0.643. The fourth-order valence-corrected chi connectivity index (χ4v) is 5.44. The van der Waals surface area contributed by atoms with Crippen LogP contribution in [0.1, 0.15) is 43.3 Å². The van der Waals surface area contributed by atoms with Crippen LogP contribution >= 0.6 is 0 Å². The van der Waals surface area contributed by atoms with Crippen molar-refractivity contribution in [3.63, 3.8) is 0 Å². The number of carbonyl (C=O) groups is 4. The largest absolute Gasteiger partial charge is 0.448 e. The molecule has 0 saturated carbocycles. The van der Waals surface area contributed by atoms with E-state index in [-0.39, 0.29) is 30.1 Å². The molecule has 1 aliphatic carbocycles. The van der Waals surface area contributed by atoms with Gasteiger partial charge in [-0.25, -0.2) is 9.59 Å². The average Bonchev–Trinajstić information content (AvgIpc) is 3.46. The van der Waals surface area contributed by atoms with Crippen LogP contribution in [0.2, 0.25) is 0 Å². The number of fused-ring (bicyclic) bond motifs is 4. The maximum absolute atomic E-state index is 13.5. The summed E-state index contributed by atoms with van der Waals surface area (Å²) in [6.45, 7) is 0.0721. The van der Waals surface area contributed by atoms with Gasteiger partial charge >= 0.3 is 12.1 Å². The number of likely N-dealkylation sites (N-methyl/N-ethyl adjacent to an activating group) is 1. The topological polar surface area (TPSA) is 93.2 Å². The first-order valence-electron chi connectivity index (χ1n) is 13.3. The highest BCUT2D eigenvalue weighted by atomic mass is 16.7. The summed E-state index contributed by atoms with van der Waals surface area (Å²) in [5, 5.41) is 0.455. The number of hydrogen-bond acceptors (Lipinski definition) is 6. The Bertz CT molecular complexity index is 1590. The van der Waals surface area contributed by atoms with Crippen molar-refractivity contribution in [2.24, 2.45) is 0 Å². The van der Waals surface area contributed by atoms with Crippen LogP contribution in [0.25, 0.3) is 11.1 Å². The zero-order chi connectivity index (χ0) is 28.5. The van der Waals surface area contributed by atoms with Crippen LogP contribution in [0.3, 0.4) is 0 Å². The summed E-state index contributed by atoms with van der Waals surface area (Å²) in [5.41, 5.74) is 5.39. The molecule has 2 aliphatic rings. The van der Waals surface area contributed by atoms with Crippen molar-refractivity contribution in [3.05, 3.63) is 131 Å². The Balaban J connectivity index is 1.20. The Labute approximate surface area is 236 Å². The lowest BCUT2D eigenvalue weighted by atomic mass is 9.98. The molecule has 1 aliphatic heterocycles. The summed E-state index contributed by atoms with van der Waals surface area (Å²) in [5.74, 6) is -2.56. The van der Waals surface area contributed by atoms with Crippen LogP contribution in [0, 0.1) is 0 Å². The monoisotopic (exact) mass is 546 g/mol. The zero-order valence-corrected chi connectivity index (χ0v) is 22.2. The Kier molecular flexibility index (Phi) is 6.81. The first kappa shape index (κ1) is 26.0. The summed E-state index contributed by atoms with van der Waals surface area (Å²) in [7, 11) is 1.44. The third-order valence-corrected chi connectivity index (χ3v) is 7.57. The number of benzene rings is 4. The predicted molar refractivity (Wildman–Crippen MR) is 150 cm³/mol. The minimum absolute atomic E-state index is 0.0721. The molecule has 0 N–H and O–H groups in total. The van der Waals surface area contributed by atoms with E-state index >= 15 is 0 Å². The molecule has 3 amide bonds. The number of hydrogen-bond donors (Lipinski definition) is 0. The second-order valence-electron chi connectivity index (χ2n) is 9.98. The van der Waals surface area contributed by atoms with E-state index in [1.54, 1.807) is 12.1 Å². The lowest BCUT2D eigenvalue weighted by Gasteiger charge is -2.27. The van der Waals surface area contributed by atoms with E-state index in [0.29, 0.717) is 5.06 Å². The van der Waals surface area contributed by atoms with Crippen molar-refractivity contribution < 1.29 is 28.8 Å². The molecule has 0 fully saturated rings. The van der Waals surface area contributed by atoms with E-state index in [1.807, 2.05) is 78.9 Å². The van der Waals surface area contributed by atoms with Crippen LogP contribution in [0.15, 0.2) is 103 Å². The van der Waals surface area contributed by atoms with E-state index in [9.17, 15) is 19.2 Å². The van der Waals surface area contributed by atoms with Crippen LogP contribution < -0.4 is 0 Å². The van der Waals surface area contributed by atoms with Crippen LogP contribution in [-0.2, 0) is 20.8 Å². The minimum atomic E-state index is -1.17. The van der Waals surface area contributed by atoms with E-state index in [0.717, 1.165) is 32.7 Å². The molecule has 4 aromatic rings. The van der Waals surface area contributed by atoms with Gasteiger partial charge in [-0.2, -0.15) is 0 Å². The summed E-state index contributed by atoms with van der Waals surface area (Å²) in [6, 6.07) is 30.2. The van der Waals surface area contributed by atoms with E-state index in [2.05, 4.69) is 0 Å². The second-order valence-corrected chi connectivity index (χ2v) is 9.98. The molecule has 8 nitrogen and oxygen atoms in total. The molecule has 0 aromatic heterocycles. The number of rotatable bonds is 7. The fourth-order valence-electron chi connectivity index (χ4n) is 5.44. The first-order chi connectivity index (χ1) is 19.9. The molecular weight excluding hydrogens is 520 g/mol. The standard InChI is InChI=1S/C33H26N2O6/c1-34(33(39)40-20-28-24-15-7-5-13-22(24)23-14-6-8-16-25(23)28)29(19-21-11-3-2-4-12-21)32(38)41-35-30(36)26-17-9-10-18-27(26)31(35)37/h2-18,28-29H,19-20H2,1H3/t29-/m0/s1. The minimum Gasteiger partial charge on any atom is -0.448 e. The van der Waals surface area contributed by atoms with Crippen molar-refractivity contribution in [3.8, 4) is 11.1 Å². The van der Waals surface area contributed by atoms with Gasteiger partial charge in [0.2, 0.25) is 0 Å². The number of imide groups is 1. The lowest BCUT2D eigenvalue weighted by molar-refractivity contribution is -0.174. The maximum atomic E-state index is 13.5. The van der Waals surface area contributed by atoms with Gasteiger partial charge in [0, 0.05) is 19.4 Å². The maximum Gasteiger partial charge on any atom is 0.410 e. The van der Waals surface area contributed by atoms with Gasteiger partial charge in [-0.05, 0) is 39.9 Å². The van der Waals surface area contributed by atoms with Crippen molar-refractivity contribution in [2.45, 2.75) is 18.4 Å². The van der Waals surface area contributed by atoms with Gasteiger partial charge in [0.15, 0.2) is 0 Å². The number of nitrogens with zero attached hydrogens (tertiary/aromatic N) is 2. The van der Waals surface area contributed by atoms with Crippen molar-refractivity contribution in [1.82, 2.24) is 9.96 Å². The van der Waals surface area contributed by atoms with Crippen LogP contribution in [0.5, 0.6) is 0 Å². The van der Waals surface area contributed by atoms with E-state index < -0.39 is 29.9 Å². The highest BCUT2D eigenvalue weighted by molar-refractivity contribution is 6.21. The zero-order valence-electron chi connectivity index (χ0n) is 22.2. The summed E-state index contributed by atoms with van der Waals surface area (Å²) < 4.78 is 5.76. The molecule has 8 heteroatoms. The molecule has 0 spiro atoms. The second kappa shape index (κ2) is 10.7. The smallest absolute Gasteiger partial charge is 0.410 e. The first-order valence-corrected chi connectivity index (χ1v) is 13.3. The fraction of sp³-hybridized carbons (Fsp3) is 0.152. The van der Waals surface area contributed by atoms with Crippen molar-refractivity contribution in [1.29, 1.82) is 0 Å². The van der Waals surface area contributed by atoms with Gasteiger partial charge in [-0.1, -0.05) is 96.1 Å². The summed E-state index contributed by atoms with van der Waals surface area (Å²) >= 11 is 0. The molecule has 0 bridgehead atoms. The SMILES string of the molecule is CN(C(=O)OCC1c2ccccc2-c2ccccc21)[C@@H](Cc1ccccc1)C(=O)ON1C(=O)c2ccccc2C1=O. The number of ether oxygens (including phenoxy) is 1. The van der Waals surface area contributed by atoms with Crippen molar-refractivity contribution in [2.75, 3.05) is 13.7 Å². The van der Waals surface area contributed by atoms with E-state index in [4.69, 9.17) is 9.57 Å². The molecule has 204 valence electrons. The molecule has 4 aromatic carbocycles. The third-order valence-electron chi connectivity index (χ3n) is 7.57. The number of carbonyl (C=O) groups excluding carboxylic acids is 4. The lowest BCUT2D eigenvalue weighted by Crippen LogP contribution is -2.48. The average molecular weight is 547 g/mol. The normalized spacial score (nSPS) is 14.2. The predicted octanol–water partition coefficient (Wildman–Crippen LogP) is 5.23. The molecule has 0 radical (unpaired) electrons.